The van der Waals surface area contributed by atoms with Crippen molar-refractivity contribution in [2.24, 2.45) is 0 Å². The van der Waals surface area contributed by atoms with Gasteiger partial charge in [0.1, 0.15) is 23.9 Å². The zero-order valence-electron chi connectivity index (χ0n) is 19.2. The Labute approximate surface area is 207 Å². The fourth-order valence-corrected chi connectivity index (χ4v) is 4.46. The number of carbonyl (C=O) groups is 2. The van der Waals surface area contributed by atoms with Crippen LogP contribution in [0.3, 0.4) is 0 Å². The first-order valence-electron chi connectivity index (χ1n) is 11.2. The Morgan fingerprint density at radius 2 is 1.81 bits per heavy atom. The lowest BCUT2D eigenvalue weighted by molar-refractivity contribution is -0.315. The van der Waals surface area contributed by atoms with Crippen LogP contribution >= 0.6 is 0 Å². The number of halogens is 3. The van der Waals surface area contributed by atoms with Gasteiger partial charge in [-0.05, 0) is 12.1 Å². The highest BCUT2D eigenvalue weighted by Gasteiger charge is 2.55. The number of benzene rings is 2. The number of hydrogen-bond acceptors (Lipinski definition) is 8. The standard InChI is InChI=1S/C24H20F3N3O7/c1-11(31)35-21-19(30-9-16(28-29-30)13-7-14(25)18(27)15(26)8-13)20-17(36-22(21)23(32)33)10-34-24(37-20)12-5-3-2-4-6-12/h2-9,17,19-22,24H,10H2,1H3,(H,32,33)/t17-,19+,20+,21-,22-,24+/m1/s1. The molecule has 0 unspecified atom stereocenters. The second kappa shape index (κ2) is 9.92. The number of ether oxygens (including phenoxy) is 4. The molecule has 3 heterocycles. The molecule has 2 aliphatic rings. The molecule has 2 fully saturated rings. The number of nitrogens with zero attached hydrogens (tertiary/aromatic N) is 3. The molecule has 0 amide bonds. The van der Waals surface area contributed by atoms with Crippen LogP contribution in [0.15, 0.2) is 48.7 Å². The number of aromatic nitrogens is 3. The van der Waals surface area contributed by atoms with E-state index in [1.807, 2.05) is 6.07 Å². The molecule has 0 bridgehead atoms. The van der Waals surface area contributed by atoms with E-state index in [4.69, 9.17) is 18.9 Å². The van der Waals surface area contributed by atoms with E-state index >= 15 is 0 Å². The summed E-state index contributed by atoms with van der Waals surface area (Å²) in [5.74, 6) is -6.65. The zero-order valence-corrected chi connectivity index (χ0v) is 19.2. The molecule has 0 saturated carbocycles. The molecule has 1 aromatic heterocycles. The third kappa shape index (κ3) is 4.80. The maximum atomic E-state index is 13.8. The van der Waals surface area contributed by atoms with E-state index in [0.717, 1.165) is 19.1 Å². The van der Waals surface area contributed by atoms with Crippen LogP contribution in [0.5, 0.6) is 0 Å². The number of fused-ring (bicyclic) bond motifs is 1. The van der Waals surface area contributed by atoms with Crippen molar-refractivity contribution in [1.82, 2.24) is 15.0 Å². The summed E-state index contributed by atoms with van der Waals surface area (Å²) in [7, 11) is 0. The summed E-state index contributed by atoms with van der Waals surface area (Å²) in [6, 6.07) is 9.35. The van der Waals surface area contributed by atoms with Crippen LogP contribution in [0.25, 0.3) is 11.3 Å². The van der Waals surface area contributed by atoms with Gasteiger partial charge in [0.05, 0.1) is 12.8 Å². The van der Waals surface area contributed by atoms with Gasteiger partial charge < -0.3 is 24.1 Å². The molecule has 0 radical (unpaired) electrons. The summed E-state index contributed by atoms with van der Waals surface area (Å²) in [5.41, 5.74) is 0.529. The molecule has 2 aromatic carbocycles. The molecule has 2 saturated heterocycles. The average molecular weight is 519 g/mol. The summed E-state index contributed by atoms with van der Waals surface area (Å²) < 4.78 is 65.3. The maximum absolute atomic E-state index is 13.8. The van der Waals surface area contributed by atoms with Crippen LogP contribution in [0, 0.1) is 17.5 Å². The van der Waals surface area contributed by atoms with E-state index in [-0.39, 0.29) is 17.9 Å². The first-order valence-corrected chi connectivity index (χ1v) is 11.2. The minimum absolute atomic E-state index is 0.0408. The van der Waals surface area contributed by atoms with Crippen LogP contribution in [0.2, 0.25) is 0 Å². The molecule has 6 atom stereocenters. The maximum Gasteiger partial charge on any atom is 0.336 e. The Bertz CT molecular complexity index is 1300. The van der Waals surface area contributed by atoms with Crippen molar-refractivity contribution in [2.75, 3.05) is 6.61 Å². The van der Waals surface area contributed by atoms with Crippen LogP contribution in [0.1, 0.15) is 24.8 Å². The summed E-state index contributed by atoms with van der Waals surface area (Å²) in [5, 5.41) is 17.7. The van der Waals surface area contributed by atoms with Gasteiger partial charge in [-0.1, -0.05) is 35.5 Å². The molecule has 194 valence electrons. The van der Waals surface area contributed by atoms with Gasteiger partial charge in [0.25, 0.3) is 0 Å². The minimum atomic E-state index is -1.63. The van der Waals surface area contributed by atoms with E-state index in [9.17, 15) is 27.9 Å². The normalized spacial score (nSPS) is 27.4. The van der Waals surface area contributed by atoms with Crippen molar-refractivity contribution < 1.29 is 46.8 Å². The van der Waals surface area contributed by atoms with E-state index in [0.29, 0.717) is 5.56 Å². The largest absolute Gasteiger partial charge is 0.479 e. The molecule has 2 aliphatic heterocycles. The molecule has 13 heteroatoms. The lowest BCUT2D eigenvalue weighted by Crippen LogP contribution is -2.62. The van der Waals surface area contributed by atoms with Crippen LogP contribution < -0.4 is 0 Å². The van der Waals surface area contributed by atoms with Gasteiger partial charge in [-0.25, -0.2) is 22.6 Å². The number of esters is 1. The van der Waals surface area contributed by atoms with Gasteiger partial charge in [-0.3, -0.25) is 4.79 Å². The first-order chi connectivity index (χ1) is 17.7. The molecule has 37 heavy (non-hydrogen) atoms. The van der Waals surface area contributed by atoms with E-state index in [1.165, 1.54) is 10.9 Å². The number of carboxylic acids is 1. The molecule has 3 aromatic rings. The van der Waals surface area contributed by atoms with Crippen molar-refractivity contribution in [3.63, 3.8) is 0 Å². The fraction of sp³-hybridized carbons (Fsp3) is 0.333. The third-order valence-corrected chi connectivity index (χ3v) is 6.06. The van der Waals surface area contributed by atoms with Crippen molar-refractivity contribution in [3.05, 3.63) is 71.7 Å². The molecule has 1 N–H and O–H groups in total. The predicted octanol–water partition coefficient (Wildman–Crippen LogP) is 2.80. The summed E-state index contributed by atoms with van der Waals surface area (Å²) >= 11 is 0. The number of rotatable bonds is 5. The Morgan fingerprint density at radius 3 is 2.46 bits per heavy atom. The van der Waals surface area contributed by atoms with E-state index < -0.39 is 66.1 Å². The van der Waals surface area contributed by atoms with Gasteiger partial charge in [0, 0.05) is 18.1 Å². The number of carbonyl (C=O) groups excluding carboxylic acids is 1. The Hall–Kier alpha value is -3.81. The smallest absolute Gasteiger partial charge is 0.336 e. The second-order valence-corrected chi connectivity index (χ2v) is 8.51. The predicted molar refractivity (Wildman–Crippen MR) is 116 cm³/mol. The van der Waals surface area contributed by atoms with Crippen LogP contribution in [-0.4, -0.2) is 63.1 Å². The zero-order chi connectivity index (χ0) is 26.3. The third-order valence-electron chi connectivity index (χ3n) is 6.06. The number of hydrogen-bond donors (Lipinski definition) is 1. The lowest BCUT2D eigenvalue weighted by Gasteiger charge is -2.47. The topological polar surface area (TPSA) is 122 Å². The van der Waals surface area contributed by atoms with Gasteiger partial charge in [-0.15, -0.1) is 5.10 Å². The highest BCUT2D eigenvalue weighted by molar-refractivity contribution is 5.75. The molecule has 0 aliphatic carbocycles. The van der Waals surface area contributed by atoms with Crippen molar-refractivity contribution >= 4 is 11.9 Å². The summed E-state index contributed by atoms with van der Waals surface area (Å²) in [6.07, 6.45) is -4.44. The van der Waals surface area contributed by atoms with Gasteiger partial charge in [0.15, 0.2) is 35.9 Å². The van der Waals surface area contributed by atoms with Gasteiger partial charge >= 0.3 is 11.9 Å². The number of carboxylic acid groups (broad SMARTS) is 1. The Morgan fingerprint density at radius 1 is 1.11 bits per heavy atom. The van der Waals surface area contributed by atoms with Crippen LogP contribution in [-0.2, 0) is 28.5 Å². The highest BCUT2D eigenvalue weighted by atomic mass is 19.2. The van der Waals surface area contributed by atoms with Crippen molar-refractivity contribution in [2.45, 2.75) is 43.7 Å². The van der Waals surface area contributed by atoms with E-state index in [1.54, 1.807) is 24.3 Å². The molecule has 5 rings (SSSR count). The second-order valence-electron chi connectivity index (χ2n) is 8.51. The fourth-order valence-electron chi connectivity index (χ4n) is 4.46. The van der Waals surface area contributed by atoms with Crippen molar-refractivity contribution in [1.29, 1.82) is 0 Å². The molecular weight excluding hydrogens is 499 g/mol. The minimum Gasteiger partial charge on any atom is -0.479 e. The van der Waals surface area contributed by atoms with E-state index in [2.05, 4.69) is 10.3 Å². The summed E-state index contributed by atoms with van der Waals surface area (Å²) in [6.45, 7) is 1.06. The highest BCUT2D eigenvalue weighted by Crippen LogP contribution is 2.40. The SMILES string of the molecule is CC(=O)O[C@@H]1[C@@H](n2cc(-c3cc(F)c(F)c(F)c3)nn2)[C@H]2O[C@@H](c3ccccc3)OC[C@H]2O[C@H]1C(=O)O. The average Bonchev–Trinajstić information content (AvgIpc) is 3.36. The Balaban J connectivity index is 1.56. The Kier molecular flexibility index (Phi) is 6.67. The lowest BCUT2D eigenvalue weighted by atomic mass is 9.91. The summed E-state index contributed by atoms with van der Waals surface area (Å²) in [4.78, 5) is 24.0. The molecule has 0 spiro atoms. The molecule has 10 nitrogen and oxygen atoms in total. The van der Waals surface area contributed by atoms with Crippen molar-refractivity contribution in [3.8, 4) is 11.3 Å². The quantitative estimate of drug-likeness (QED) is 0.401. The number of aliphatic carboxylic acids is 1. The van der Waals surface area contributed by atoms with Gasteiger partial charge in [-0.2, -0.15) is 0 Å². The van der Waals surface area contributed by atoms with Gasteiger partial charge in [0.2, 0.25) is 0 Å². The monoisotopic (exact) mass is 519 g/mol. The first kappa shape index (κ1) is 24.9. The van der Waals surface area contributed by atoms with Crippen LogP contribution in [0.4, 0.5) is 13.2 Å². The molecular formula is C24H20F3N3O7.